The van der Waals surface area contributed by atoms with E-state index in [0.29, 0.717) is 25.5 Å². The third kappa shape index (κ3) is 8.23. The second-order valence-corrected chi connectivity index (χ2v) is 6.20. The quantitative estimate of drug-likeness (QED) is 0.496. The first-order valence-corrected chi connectivity index (χ1v) is 9.53. The molecule has 0 aromatic heterocycles. The predicted molar refractivity (Wildman–Crippen MR) is 108 cm³/mol. The van der Waals surface area contributed by atoms with Crippen molar-refractivity contribution in [3.05, 3.63) is 29.8 Å². The van der Waals surface area contributed by atoms with E-state index in [1.54, 1.807) is 0 Å². The Kier molecular flexibility index (Phi) is 10.2. The highest BCUT2D eigenvalue weighted by molar-refractivity contribution is 5.81. The molecule has 1 aromatic rings. The van der Waals surface area contributed by atoms with Gasteiger partial charge in [0.25, 0.3) is 0 Å². The molecule has 26 heavy (non-hydrogen) atoms. The standard InChI is InChI=1S/C20H34N4O2/c1-6-21-20(22-14-13-19(25)24(7-2)8-3)23-15-17(5)26-18-11-9-16(4)10-12-18/h9-12,17H,6-8,13-15H2,1-5H3,(H2,21,22,23). The molecule has 1 unspecified atom stereocenters. The number of hydrogen-bond acceptors (Lipinski definition) is 3. The SMILES string of the molecule is CCNC(=NCC(C)Oc1ccc(C)cc1)NCCC(=O)N(CC)CC. The molecule has 1 amide bonds. The van der Waals surface area contributed by atoms with Crippen LogP contribution in [-0.2, 0) is 4.79 Å². The van der Waals surface area contributed by atoms with Crippen molar-refractivity contribution in [1.82, 2.24) is 15.5 Å². The summed E-state index contributed by atoms with van der Waals surface area (Å²) in [6, 6.07) is 8.00. The summed E-state index contributed by atoms with van der Waals surface area (Å²) in [5.41, 5.74) is 1.21. The molecule has 0 aliphatic carbocycles. The van der Waals surface area contributed by atoms with Crippen LogP contribution in [0.15, 0.2) is 29.3 Å². The molecule has 0 radical (unpaired) electrons. The first-order valence-electron chi connectivity index (χ1n) is 9.53. The molecule has 0 aliphatic heterocycles. The van der Waals surface area contributed by atoms with Crippen LogP contribution in [0.1, 0.15) is 39.7 Å². The molecule has 0 spiro atoms. The summed E-state index contributed by atoms with van der Waals surface area (Å²) in [6.07, 6.45) is 0.423. The summed E-state index contributed by atoms with van der Waals surface area (Å²) in [5, 5.41) is 6.42. The lowest BCUT2D eigenvalue weighted by Gasteiger charge is -2.19. The molecule has 0 bridgehead atoms. The average molecular weight is 363 g/mol. The fraction of sp³-hybridized carbons (Fsp3) is 0.600. The summed E-state index contributed by atoms with van der Waals surface area (Å²) in [5.74, 6) is 1.72. The van der Waals surface area contributed by atoms with Gasteiger partial charge in [-0.1, -0.05) is 17.7 Å². The Morgan fingerprint density at radius 1 is 1.15 bits per heavy atom. The maximum Gasteiger partial charge on any atom is 0.224 e. The van der Waals surface area contributed by atoms with Crippen molar-refractivity contribution >= 4 is 11.9 Å². The Hall–Kier alpha value is -2.24. The summed E-state index contributed by atoms with van der Waals surface area (Å²) in [7, 11) is 0. The number of rotatable bonds is 10. The van der Waals surface area contributed by atoms with Crippen molar-refractivity contribution in [1.29, 1.82) is 0 Å². The van der Waals surface area contributed by atoms with Gasteiger partial charge in [0, 0.05) is 32.6 Å². The number of guanidine groups is 1. The maximum absolute atomic E-state index is 12.0. The van der Waals surface area contributed by atoms with Gasteiger partial charge in [0.2, 0.25) is 5.91 Å². The van der Waals surface area contributed by atoms with Gasteiger partial charge < -0.3 is 20.3 Å². The van der Waals surface area contributed by atoms with Crippen LogP contribution in [0, 0.1) is 6.92 Å². The molecular weight excluding hydrogens is 328 g/mol. The molecule has 6 heteroatoms. The molecule has 0 aliphatic rings. The van der Waals surface area contributed by atoms with Crippen LogP contribution >= 0.6 is 0 Å². The first-order chi connectivity index (χ1) is 12.5. The summed E-state index contributed by atoms with van der Waals surface area (Å²) >= 11 is 0. The van der Waals surface area contributed by atoms with Crippen LogP contribution in [0.5, 0.6) is 5.75 Å². The van der Waals surface area contributed by atoms with E-state index >= 15 is 0 Å². The number of aryl methyl sites for hydroxylation is 1. The van der Waals surface area contributed by atoms with Gasteiger partial charge in [-0.25, -0.2) is 4.99 Å². The third-order valence-corrected chi connectivity index (χ3v) is 3.96. The lowest BCUT2D eigenvalue weighted by atomic mass is 10.2. The molecule has 0 fully saturated rings. The van der Waals surface area contributed by atoms with E-state index in [1.807, 2.05) is 56.9 Å². The fourth-order valence-corrected chi connectivity index (χ4v) is 2.47. The molecule has 0 heterocycles. The van der Waals surface area contributed by atoms with Gasteiger partial charge in [0.1, 0.15) is 11.9 Å². The Bertz CT molecular complexity index is 553. The highest BCUT2D eigenvalue weighted by atomic mass is 16.5. The van der Waals surface area contributed by atoms with E-state index in [4.69, 9.17) is 4.74 Å². The van der Waals surface area contributed by atoms with E-state index in [2.05, 4.69) is 22.5 Å². The van der Waals surface area contributed by atoms with Gasteiger partial charge >= 0.3 is 0 Å². The van der Waals surface area contributed by atoms with E-state index in [0.717, 1.165) is 25.4 Å². The number of amides is 1. The topological polar surface area (TPSA) is 66.0 Å². The minimum atomic E-state index is -0.0366. The monoisotopic (exact) mass is 362 g/mol. The number of nitrogens with one attached hydrogen (secondary N) is 2. The number of nitrogens with zero attached hydrogens (tertiary/aromatic N) is 2. The van der Waals surface area contributed by atoms with Crippen LogP contribution < -0.4 is 15.4 Å². The first kappa shape index (κ1) is 21.8. The Labute approximate surface area is 158 Å². The summed E-state index contributed by atoms with van der Waals surface area (Å²) < 4.78 is 5.88. The van der Waals surface area contributed by atoms with Crippen molar-refractivity contribution in [2.45, 2.75) is 47.1 Å². The largest absolute Gasteiger partial charge is 0.489 e. The van der Waals surface area contributed by atoms with Gasteiger partial charge in [-0.3, -0.25) is 4.79 Å². The number of ether oxygens (including phenoxy) is 1. The zero-order valence-electron chi connectivity index (χ0n) is 16.8. The van der Waals surface area contributed by atoms with Crippen molar-refractivity contribution in [3.63, 3.8) is 0 Å². The summed E-state index contributed by atoms with van der Waals surface area (Å²) in [6.45, 7) is 13.4. The van der Waals surface area contributed by atoms with Gasteiger partial charge in [0.15, 0.2) is 5.96 Å². The van der Waals surface area contributed by atoms with E-state index in [1.165, 1.54) is 5.56 Å². The highest BCUT2D eigenvalue weighted by Crippen LogP contribution is 2.13. The maximum atomic E-state index is 12.0. The normalized spacial score (nSPS) is 12.4. The van der Waals surface area contributed by atoms with Crippen LogP contribution in [0.25, 0.3) is 0 Å². The van der Waals surface area contributed by atoms with E-state index < -0.39 is 0 Å². The lowest BCUT2D eigenvalue weighted by molar-refractivity contribution is -0.130. The van der Waals surface area contributed by atoms with E-state index in [9.17, 15) is 4.79 Å². The van der Waals surface area contributed by atoms with Crippen LogP contribution in [0.4, 0.5) is 0 Å². The number of aliphatic imine (C=N–C) groups is 1. The van der Waals surface area contributed by atoms with Crippen molar-refractivity contribution in [3.8, 4) is 5.75 Å². The number of benzene rings is 1. The van der Waals surface area contributed by atoms with Gasteiger partial charge in [0.05, 0.1) is 6.54 Å². The highest BCUT2D eigenvalue weighted by Gasteiger charge is 2.09. The molecule has 1 rings (SSSR count). The molecule has 1 atom stereocenters. The second-order valence-electron chi connectivity index (χ2n) is 6.20. The zero-order valence-corrected chi connectivity index (χ0v) is 16.8. The average Bonchev–Trinajstić information content (AvgIpc) is 2.62. The lowest BCUT2D eigenvalue weighted by Crippen LogP contribution is -2.40. The number of carbonyl (C=O) groups excluding carboxylic acids is 1. The van der Waals surface area contributed by atoms with Crippen LogP contribution in [-0.4, -0.2) is 55.6 Å². The van der Waals surface area contributed by atoms with Crippen LogP contribution in [0.3, 0.4) is 0 Å². The van der Waals surface area contributed by atoms with Gasteiger partial charge in [-0.2, -0.15) is 0 Å². The van der Waals surface area contributed by atoms with Crippen molar-refractivity contribution in [2.75, 3.05) is 32.7 Å². The second kappa shape index (κ2) is 12.2. The molecule has 2 N–H and O–H groups in total. The zero-order chi connectivity index (χ0) is 19.4. The third-order valence-electron chi connectivity index (χ3n) is 3.96. The van der Waals surface area contributed by atoms with Gasteiger partial charge in [-0.15, -0.1) is 0 Å². The minimum Gasteiger partial charge on any atom is -0.489 e. The van der Waals surface area contributed by atoms with E-state index in [-0.39, 0.29) is 12.0 Å². The molecule has 146 valence electrons. The molecular formula is C20H34N4O2. The number of carbonyl (C=O) groups is 1. The molecule has 0 saturated heterocycles. The molecule has 1 aromatic carbocycles. The van der Waals surface area contributed by atoms with Crippen molar-refractivity contribution < 1.29 is 9.53 Å². The smallest absolute Gasteiger partial charge is 0.224 e. The molecule has 0 saturated carbocycles. The fourth-order valence-electron chi connectivity index (χ4n) is 2.47. The Balaban J connectivity index is 2.46. The van der Waals surface area contributed by atoms with Gasteiger partial charge in [-0.05, 0) is 46.8 Å². The Morgan fingerprint density at radius 2 is 1.81 bits per heavy atom. The predicted octanol–water partition coefficient (Wildman–Crippen LogP) is 2.58. The van der Waals surface area contributed by atoms with Crippen molar-refractivity contribution in [2.24, 2.45) is 4.99 Å². The van der Waals surface area contributed by atoms with Crippen LogP contribution in [0.2, 0.25) is 0 Å². The molecule has 6 nitrogen and oxygen atoms in total. The number of hydrogen-bond donors (Lipinski definition) is 2. The minimum absolute atomic E-state index is 0.0366. The Morgan fingerprint density at radius 3 is 2.38 bits per heavy atom. The summed E-state index contributed by atoms with van der Waals surface area (Å²) in [4.78, 5) is 18.4.